The molecule has 0 saturated carbocycles. The molecule has 17 heavy (non-hydrogen) atoms. The normalized spacial score (nSPS) is 9.29. The first-order valence-corrected chi connectivity index (χ1v) is 6.18. The lowest BCUT2D eigenvalue weighted by Gasteiger charge is -1.98. The maximum Gasteiger partial charge on any atom is 0.266 e. The summed E-state index contributed by atoms with van der Waals surface area (Å²) in [4.78, 5) is 16.2. The standard InChI is InChI=1S/C11H16N4OS/c1-3-5-7-13-10(16)8-9(12)15-11(17-8)14-6-4-2/h4,6-7,12H2,1-2H3,(H,13,16)(H,14,15). The summed E-state index contributed by atoms with van der Waals surface area (Å²) in [6, 6.07) is 0. The molecule has 0 atom stereocenters. The molecule has 0 saturated heterocycles. The number of aromatic nitrogens is 1. The van der Waals surface area contributed by atoms with Crippen molar-refractivity contribution in [3.05, 3.63) is 4.88 Å². The minimum absolute atomic E-state index is 0.229. The predicted octanol–water partition coefficient (Wildman–Crippen LogP) is 1.30. The SMILES string of the molecule is CC#CCNC(=O)c1sc(NCCC)nc1N. The minimum atomic E-state index is -0.229. The quantitative estimate of drug-likeness (QED) is 0.690. The van der Waals surface area contributed by atoms with Gasteiger partial charge in [0.1, 0.15) is 10.7 Å². The fourth-order valence-corrected chi connectivity index (χ4v) is 1.92. The Bertz CT molecular complexity index is 444. The lowest BCUT2D eigenvalue weighted by Crippen LogP contribution is -2.23. The van der Waals surface area contributed by atoms with Crippen molar-refractivity contribution in [1.82, 2.24) is 10.3 Å². The molecule has 92 valence electrons. The zero-order valence-corrected chi connectivity index (χ0v) is 10.8. The summed E-state index contributed by atoms with van der Waals surface area (Å²) in [7, 11) is 0. The number of nitrogens with one attached hydrogen (secondary N) is 2. The van der Waals surface area contributed by atoms with Gasteiger partial charge in [0.05, 0.1) is 6.54 Å². The van der Waals surface area contributed by atoms with Crippen molar-refractivity contribution < 1.29 is 4.79 Å². The molecule has 6 heteroatoms. The summed E-state index contributed by atoms with van der Waals surface area (Å²) >= 11 is 1.26. The van der Waals surface area contributed by atoms with Crippen LogP contribution in [0.1, 0.15) is 29.9 Å². The Morgan fingerprint density at radius 1 is 1.59 bits per heavy atom. The molecule has 1 rings (SSSR count). The van der Waals surface area contributed by atoms with Crippen LogP contribution in [-0.2, 0) is 0 Å². The van der Waals surface area contributed by atoms with Gasteiger partial charge in [-0.2, -0.15) is 0 Å². The van der Waals surface area contributed by atoms with E-state index in [1.165, 1.54) is 11.3 Å². The van der Waals surface area contributed by atoms with E-state index in [1.807, 2.05) is 0 Å². The van der Waals surface area contributed by atoms with Crippen LogP contribution < -0.4 is 16.4 Å². The Balaban J connectivity index is 2.65. The molecule has 0 aliphatic heterocycles. The van der Waals surface area contributed by atoms with Crippen molar-refractivity contribution in [2.45, 2.75) is 20.3 Å². The van der Waals surface area contributed by atoms with E-state index in [0.29, 0.717) is 16.6 Å². The van der Waals surface area contributed by atoms with Gasteiger partial charge in [-0.1, -0.05) is 24.2 Å². The van der Waals surface area contributed by atoms with Crippen molar-refractivity contribution in [3.8, 4) is 11.8 Å². The number of hydrogen-bond acceptors (Lipinski definition) is 5. The molecule has 0 aromatic carbocycles. The lowest BCUT2D eigenvalue weighted by molar-refractivity contribution is 0.0963. The van der Waals surface area contributed by atoms with Gasteiger partial charge in [-0.25, -0.2) is 4.98 Å². The third-order valence-corrected chi connectivity index (χ3v) is 2.93. The molecule has 1 amide bonds. The number of nitrogens with zero attached hydrogens (tertiary/aromatic N) is 1. The van der Waals surface area contributed by atoms with Crippen molar-refractivity contribution in [2.24, 2.45) is 0 Å². The Kier molecular flexibility index (Phi) is 5.30. The smallest absolute Gasteiger partial charge is 0.266 e. The van der Waals surface area contributed by atoms with Gasteiger partial charge in [-0.15, -0.1) is 5.92 Å². The number of rotatable bonds is 5. The van der Waals surface area contributed by atoms with Gasteiger partial charge >= 0.3 is 0 Å². The van der Waals surface area contributed by atoms with Gasteiger partial charge in [0, 0.05) is 6.54 Å². The zero-order chi connectivity index (χ0) is 12.7. The van der Waals surface area contributed by atoms with E-state index in [4.69, 9.17) is 5.73 Å². The number of nitrogens with two attached hydrogens (primary N) is 1. The number of nitrogen functional groups attached to an aromatic ring is 1. The zero-order valence-electron chi connectivity index (χ0n) is 9.96. The second kappa shape index (κ2) is 6.76. The average molecular weight is 252 g/mol. The molecule has 0 aliphatic carbocycles. The monoisotopic (exact) mass is 252 g/mol. The van der Waals surface area contributed by atoms with Crippen LogP contribution in [0, 0.1) is 11.8 Å². The summed E-state index contributed by atoms with van der Waals surface area (Å²) < 4.78 is 0. The molecule has 4 N–H and O–H groups in total. The summed E-state index contributed by atoms with van der Waals surface area (Å²) in [5, 5.41) is 6.43. The Labute approximate surface area is 105 Å². The molecule has 0 bridgehead atoms. The molecule has 0 radical (unpaired) electrons. The highest BCUT2D eigenvalue weighted by Gasteiger charge is 2.15. The highest BCUT2D eigenvalue weighted by atomic mass is 32.1. The van der Waals surface area contributed by atoms with E-state index < -0.39 is 0 Å². The van der Waals surface area contributed by atoms with Gasteiger partial charge in [-0.3, -0.25) is 4.79 Å². The number of carbonyl (C=O) groups excluding carboxylic acids is 1. The summed E-state index contributed by atoms with van der Waals surface area (Å²) in [6.07, 6.45) is 0.993. The van der Waals surface area contributed by atoms with Crippen LogP contribution in [0.3, 0.4) is 0 Å². The molecular formula is C11H16N4OS. The van der Waals surface area contributed by atoms with Crippen LogP contribution in [-0.4, -0.2) is 24.0 Å². The minimum Gasteiger partial charge on any atom is -0.382 e. The molecule has 1 heterocycles. The van der Waals surface area contributed by atoms with E-state index in [0.717, 1.165) is 13.0 Å². The van der Waals surface area contributed by atoms with Crippen molar-refractivity contribution in [2.75, 3.05) is 24.1 Å². The fraction of sp³-hybridized carbons (Fsp3) is 0.455. The maximum absolute atomic E-state index is 11.7. The molecule has 0 fully saturated rings. The first-order valence-electron chi connectivity index (χ1n) is 5.37. The molecule has 0 aliphatic rings. The van der Waals surface area contributed by atoms with Crippen LogP contribution in [0.15, 0.2) is 0 Å². The molecular weight excluding hydrogens is 236 g/mol. The number of hydrogen-bond donors (Lipinski definition) is 3. The van der Waals surface area contributed by atoms with Crippen LogP contribution in [0.2, 0.25) is 0 Å². The van der Waals surface area contributed by atoms with Crippen molar-refractivity contribution >= 4 is 28.2 Å². The third kappa shape index (κ3) is 3.96. The Morgan fingerprint density at radius 3 is 3.00 bits per heavy atom. The first kappa shape index (κ1) is 13.3. The van der Waals surface area contributed by atoms with Gasteiger partial charge < -0.3 is 16.4 Å². The highest BCUT2D eigenvalue weighted by Crippen LogP contribution is 2.24. The van der Waals surface area contributed by atoms with Gasteiger partial charge in [0.25, 0.3) is 5.91 Å². The predicted molar refractivity (Wildman–Crippen MR) is 71.1 cm³/mol. The molecule has 0 unspecified atom stereocenters. The summed E-state index contributed by atoms with van der Waals surface area (Å²) in [6.45, 7) is 4.92. The van der Waals surface area contributed by atoms with Gasteiger partial charge in [0.2, 0.25) is 0 Å². The topological polar surface area (TPSA) is 80.0 Å². The number of anilines is 2. The summed E-state index contributed by atoms with van der Waals surface area (Å²) in [5.74, 6) is 5.49. The van der Waals surface area contributed by atoms with Gasteiger partial charge in [0.15, 0.2) is 5.13 Å². The molecule has 5 nitrogen and oxygen atoms in total. The molecule has 1 aromatic rings. The van der Waals surface area contributed by atoms with E-state index >= 15 is 0 Å². The number of amides is 1. The number of carbonyl (C=O) groups is 1. The van der Waals surface area contributed by atoms with E-state index in [2.05, 4.69) is 34.4 Å². The average Bonchev–Trinajstić information content (AvgIpc) is 2.68. The van der Waals surface area contributed by atoms with Gasteiger partial charge in [-0.05, 0) is 13.3 Å². The van der Waals surface area contributed by atoms with Crippen molar-refractivity contribution in [1.29, 1.82) is 0 Å². The molecule has 1 aromatic heterocycles. The second-order valence-electron chi connectivity index (χ2n) is 3.27. The van der Waals surface area contributed by atoms with Crippen LogP contribution >= 0.6 is 11.3 Å². The van der Waals surface area contributed by atoms with Crippen LogP contribution in [0.25, 0.3) is 0 Å². The van der Waals surface area contributed by atoms with E-state index in [1.54, 1.807) is 6.92 Å². The highest BCUT2D eigenvalue weighted by molar-refractivity contribution is 7.18. The Morgan fingerprint density at radius 2 is 2.35 bits per heavy atom. The van der Waals surface area contributed by atoms with Crippen LogP contribution in [0.4, 0.5) is 10.9 Å². The first-order chi connectivity index (χ1) is 8.19. The van der Waals surface area contributed by atoms with Crippen molar-refractivity contribution in [3.63, 3.8) is 0 Å². The van der Waals surface area contributed by atoms with Crippen LogP contribution in [0.5, 0.6) is 0 Å². The maximum atomic E-state index is 11.7. The Hall–Kier alpha value is -1.74. The second-order valence-corrected chi connectivity index (χ2v) is 4.27. The van der Waals surface area contributed by atoms with E-state index in [-0.39, 0.29) is 11.7 Å². The lowest BCUT2D eigenvalue weighted by atomic mass is 10.4. The third-order valence-electron chi connectivity index (χ3n) is 1.90. The van der Waals surface area contributed by atoms with E-state index in [9.17, 15) is 4.79 Å². The fourth-order valence-electron chi connectivity index (χ4n) is 1.10. The largest absolute Gasteiger partial charge is 0.382 e. The number of thiazole rings is 1. The molecule has 0 spiro atoms. The summed E-state index contributed by atoms with van der Waals surface area (Å²) in [5.41, 5.74) is 5.68.